The second-order valence-corrected chi connectivity index (χ2v) is 5.68. The maximum atomic E-state index is 3.61. The van der Waals surface area contributed by atoms with E-state index >= 15 is 0 Å². The number of hydrogen-bond donors (Lipinski definition) is 2. The maximum Gasteiger partial charge on any atom is 0.00355 e. The van der Waals surface area contributed by atoms with E-state index in [0.717, 1.165) is 5.92 Å². The normalized spacial score (nSPS) is 18.2. The predicted molar refractivity (Wildman–Crippen MR) is 75.5 cm³/mol. The topological polar surface area (TPSA) is 27.3 Å². The third-order valence-electron chi connectivity index (χ3n) is 3.89. The first-order valence-corrected chi connectivity index (χ1v) is 7.32. The third-order valence-corrected chi connectivity index (χ3v) is 3.89. The van der Waals surface area contributed by atoms with Crippen molar-refractivity contribution in [1.82, 2.24) is 15.5 Å². The number of nitrogens with one attached hydrogen (secondary N) is 2. The van der Waals surface area contributed by atoms with Gasteiger partial charge in [0.15, 0.2) is 0 Å². The van der Waals surface area contributed by atoms with Crippen molar-refractivity contribution in [2.45, 2.75) is 45.6 Å². The van der Waals surface area contributed by atoms with E-state index in [1.165, 1.54) is 58.4 Å². The summed E-state index contributed by atoms with van der Waals surface area (Å²) < 4.78 is 0. The molecule has 1 fully saturated rings. The van der Waals surface area contributed by atoms with Crippen LogP contribution in [0.3, 0.4) is 0 Å². The number of unbranched alkanes of at least 4 members (excludes halogenated alkanes) is 1. The molecule has 17 heavy (non-hydrogen) atoms. The predicted octanol–water partition coefficient (Wildman–Crippen LogP) is 1.70. The summed E-state index contributed by atoms with van der Waals surface area (Å²) in [5, 5.41) is 7.03. The molecular weight excluding hydrogens is 210 g/mol. The van der Waals surface area contributed by atoms with Crippen LogP contribution >= 0.6 is 0 Å². The molecule has 0 aromatic heterocycles. The fourth-order valence-electron chi connectivity index (χ4n) is 2.26. The molecular formula is C14H31N3. The highest BCUT2D eigenvalue weighted by atomic mass is 15.1. The van der Waals surface area contributed by atoms with Crippen LogP contribution in [-0.4, -0.2) is 50.7 Å². The van der Waals surface area contributed by atoms with Crippen molar-refractivity contribution in [2.24, 2.45) is 5.92 Å². The molecule has 1 heterocycles. The van der Waals surface area contributed by atoms with Crippen LogP contribution in [0.4, 0.5) is 0 Å². The lowest BCUT2D eigenvalue weighted by Gasteiger charge is -2.23. The quantitative estimate of drug-likeness (QED) is 0.633. The molecule has 1 rings (SSSR count). The minimum Gasteiger partial charge on any atom is -0.317 e. The van der Waals surface area contributed by atoms with Gasteiger partial charge in [-0.25, -0.2) is 0 Å². The first-order valence-electron chi connectivity index (χ1n) is 7.32. The van der Waals surface area contributed by atoms with E-state index in [1.54, 1.807) is 0 Å². The standard InChI is InChI=1S/C14H31N3/c1-13(2)17(3)11-5-4-8-16-12-14-6-9-15-10-7-14/h13-16H,4-12H2,1-3H3. The van der Waals surface area contributed by atoms with Crippen molar-refractivity contribution in [2.75, 3.05) is 39.8 Å². The summed E-state index contributed by atoms with van der Waals surface area (Å²) in [4.78, 5) is 2.42. The van der Waals surface area contributed by atoms with Crippen molar-refractivity contribution >= 4 is 0 Å². The van der Waals surface area contributed by atoms with Crippen LogP contribution in [0.25, 0.3) is 0 Å². The lowest BCUT2D eigenvalue weighted by Crippen LogP contribution is -2.34. The number of nitrogens with zero attached hydrogens (tertiary/aromatic N) is 1. The molecule has 1 aliphatic heterocycles. The first-order chi connectivity index (χ1) is 8.20. The van der Waals surface area contributed by atoms with Crippen molar-refractivity contribution < 1.29 is 0 Å². The lowest BCUT2D eigenvalue weighted by atomic mass is 9.98. The molecule has 1 saturated heterocycles. The SMILES string of the molecule is CC(C)N(C)CCCCNCC1CCNCC1. The number of hydrogen-bond acceptors (Lipinski definition) is 3. The monoisotopic (exact) mass is 241 g/mol. The molecule has 0 aromatic carbocycles. The van der Waals surface area contributed by atoms with Gasteiger partial charge in [-0.15, -0.1) is 0 Å². The highest BCUT2D eigenvalue weighted by Crippen LogP contribution is 2.09. The molecule has 0 radical (unpaired) electrons. The first kappa shape index (κ1) is 14.9. The molecule has 102 valence electrons. The van der Waals surface area contributed by atoms with E-state index in [4.69, 9.17) is 0 Å². The Morgan fingerprint density at radius 1 is 1.24 bits per heavy atom. The van der Waals surface area contributed by atoms with Gasteiger partial charge in [-0.2, -0.15) is 0 Å². The van der Waals surface area contributed by atoms with E-state index in [1.807, 2.05) is 0 Å². The summed E-state index contributed by atoms with van der Waals surface area (Å²) in [6, 6.07) is 0.678. The Bertz CT molecular complexity index is 176. The zero-order chi connectivity index (χ0) is 12.5. The highest BCUT2D eigenvalue weighted by molar-refractivity contribution is 4.70. The van der Waals surface area contributed by atoms with Crippen LogP contribution in [0.5, 0.6) is 0 Å². The third kappa shape index (κ3) is 7.02. The summed E-state index contributed by atoms with van der Waals surface area (Å²) in [6.07, 6.45) is 5.32. The average Bonchev–Trinajstić information content (AvgIpc) is 2.34. The summed E-state index contributed by atoms with van der Waals surface area (Å²) in [5.41, 5.74) is 0. The summed E-state index contributed by atoms with van der Waals surface area (Å²) in [5.74, 6) is 0.912. The van der Waals surface area contributed by atoms with Gasteiger partial charge in [-0.05, 0) is 85.2 Å². The molecule has 0 unspecified atom stereocenters. The Morgan fingerprint density at radius 3 is 2.59 bits per heavy atom. The van der Waals surface area contributed by atoms with Crippen LogP contribution in [0.15, 0.2) is 0 Å². The summed E-state index contributed by atoms with van der Waals surface area (Å²) >= 11 is 0. The second kappa shape index (κ2) is 8.90. The minimum atomic E-state index is 0.678. The van der Waals surface area contributed by atoms with Crippen LogP contribution in [0, 0.1) is 5.92 Å². The van der Waals surface area contributed by atoms with Gasteiger partial charge in [0.2, 0.25) is 0 Å². The molecule has 0 aliphatic carbocycles. The fourth-order valence-corrected chi connectivity index (χ4v) is 2.26. The average molecular weight is 241 g/mol. The van der Waals surface area contributed by atoms with Gasteiger partial charge in [0.05, 0.1) is 0 Å². The van der Waals surface area contributed by atoms with Crippen LogP contribution < -0.4 is 10.6 Å². The number of piperidine rings is 1. The lowest BCUT2D eigenvalue weighted by molar-refractivity contribution is 0.267. The molecule has 3 nitrogen and oxygen atoms in total. The van der Waals surface area contributed by atoms with Crippen molar-refractivity contribution in [3.8, 4) is 0 Å². The molecule has 1 aliphatic rings. The molecule has 0 spiro atoms. The number of rotatable bonds is 8. The van der Waals surface area contributed by atoms with Crippen LogP contribution in [-0.2, 0) is 0 Å². The van der Waals surface area contributed by atoms with Crippen LogP contribution in [0.2, 0.25) is 0 Å². The van der Waals surface area contributed by atoms with Crippen LogP contribution in [0.1, 0.15) is 39.5 Å². The van der Waals surface area contributed by atoms with E-state index in [9.17, 15) is 0 Å². The van der Waals surface area contributed by atoms with E-state index in [2.05, 4.69) is 36.4 Å². The van der Waals surface area contributed by atoms with E-state index in [-0.39, 0.29) is 0 Å². The Labute approximate surface area is 107 Å². The largest absolute Gasteiger partial charge is 0.317 e. The van der Waals surface area contributed by atoms with Gasteiger partial charge in [0, 0.05) is 6.04 Å². The van der Waals surface area contributed by atoms with Gasteiger partial charge in [-0.1, -0.05) is 0 Å². The zero-order valence-corrected chi connectivity index (χ0v) is 12.0. The van der Waals surface area contributed by atoms with Crippen molar-refractivity contribution in [3.05, 3.63) is 0 Å². The Hall–Kier alpha value is -0.120. The Kier molecular flexibility index (Phi) is 7.82. The summed E-state index contributed by atoms with van der Waals surface area (Å²) in [6.45, 7) is 10.6. The molecule has 0 amide bonds. The highest BCUT2D eigenvalue weighted by Gasteiger charge is 2.11. The van der Waals surface area contributed by atoms with Gasteiger partial charge in [-0.3, -0.25) is 0 Å². The molecule has 3 heteroatoms. The van der Waals surface area contributed by atoms with Gasteiger partial charge < -0.3 is 15.5 Å². The molecule has 0 aromatic rings. The second-order valence-electron chi connectivity index (χ2n) is 5.68. The minimum absolute atomic E-state index is 0.678. The van der Waals surface area contributed by atoms with Gasteiger partial charge >= 0.3 is 0 Å². The fraction of sp³-hybridized carbons (Fsp3) is 1.00. The van der Waals surface area contributed by atoms with Crippen molar-refractivity contribution in [3.63, 3.8) is 0 Å². The zero-order valence-electron chi connectivity index (χ0n) is 12.0. The Balaban J connectivity index is 1.87. The van der Waals surface area contributed by atoms with E-state index in [0.29, 0.717) is 6.04 Å². The molecule has 0 saturated carbocycles. The molecule has 0 bridgehead atoms. The van der Waals surface area contributed by atoms with E-state index < -0.39 is 0 Å². The summed E-state index contributed by atoms with van der Waals surface area (Å²) in [7, 11) is 2.22. The van der Waals surface area contributed by atoms with Crippen molar-refractivity contribution in [1.29, 1.82) is 0 Å². The molecule has 0 atom stereocenters. The van der Waals surface area contributed by atoms with Gasteiger partial charge in [0.1, 0.15) is 0 Å². The Morgan fingerprint density at radius 2 is 1.94 bits per heavy atom. The maximum absolute atomic E-state index is 3.61. The molecule has 2 N–H and O–H groups in total. The smallest absolute Gasteiger partial charge is 0.00355 e. The van der Waals surface area contributed by atoms with Gasteiger partial charge in [0.25, 0.3) is 0 Å².